The Morgan fingerprint density at radius 2 is 1.74 bits per heavy atom. The average Bonchev–Trinajstić information content (AvgIpc) is 3.31. The number of nitrogens with two attached hydrogens (primary N) is 1. The third kappa shape index (κ3) is 4.35. The van der Waals surface area contributed by atoms with Gasteiger partial charge >= 0.3 is 0 Å². The molecular formula is C29H21N7O2S. The smallest absolute Gasteiger partial charge is 0.263 e. The number of terminal acetylenes is 1. The van der Waals surface area contributed by atoms with E-state index in [0.29, 0.717) is 39.0 Å². The lowest BCUT2D eigenvalue weighted by Gasteiger charge is -2.15. The van der Waals surface area contributed by atoms with Crippen LogP contribution < -0.4 is 11.3 Å². The Morgan fingerprint density at radius 1 is 0.974 bits per heavy atom. The van der Waals surface area contributed by atoms with E-state index in [0.717, 1.165) is 16.0 Å². The maximum absolute atomic E-state index is 13.9. The number of nitrogens with zero attached hydrogens (tertiary/aromatic N) is 6. The minimum absolute atomic E-state index is 0.126. The topological polar surface area (TPSA) is 125 Å². The van der Waals surface area contributed by atoms with E-state index in [1.807, 2.05) is 24.3 Å². The number of nitrogen functional groups attached to an aromatic ring is 1. The quantitative estimate of drug-likeness (QED) is 0.228. The lowest BCUT2D eigenvalue weighted by atomic mass is 10.1. The molecule has 3 aromatic heterocycles. The molecule has 9 nitrogen and oxygen atoms in total. The summed E-state index contributed by atoms with van der Waals surface area (Å²) in [5, 5.41) is 15.5. The summed E-state index contributed by atoms with van der Waals surface area (Å²) >= 11 is 4.37. The molecule has 39 heavy (non-hydrogen) atoms. The van der Waals surface area contributed by atoms with Crippen molar-refractivity contribution in [3.8, 4) is 29.4 Å². The van der Waals surface area contributed by atoms with Gasteiger partial charge in [-0.15, -0.1) is 19.1 Å². The SMILES string of the molecule is C#Cc1cccc2nc(Cn3nc(-c4ccc(O)cc4)c4c(N)ncnc43)n(Cc3ccc(S)cc3)c(=O)c12. The minimum atomic E-state index is -0.247. The van der Waals surface area contributed by atoms with Gasteiger partial charge in [0, 0.05) is 16.0 Å². The van der Waals surface area contributed by atoms with Gasteiger partial charge in [-0.05, 0) is 54.1 Å². The molecule has 6 rings (SSSR count). The standard InChI is InChI=1S/C29H21N7O2S/c1-2-18-4-3-5-22-24(18)29(38)35(14-17-6-12-21(39)13-7-17)23(33-22)15-36-28-25(27(30)31-16-32-28)26(34-36)19-8-10-20(37)11-9-19/h1,3-13,16,37,39H,14-15H2,(H2,30,31,32). The first-order valence-electron chi connectivity index (χ1n) is 12.0. The van der Waals surface area contributed by atoms with Gasteiger partial charge in [0.2, 0.25) is 0 Å². The number of benzene rings is 3. The van der Waals surface area contributed by atoms with Crippen LogP contribution in [0, 0.1) is 12.3 Å². The molecule has 6 aromatic rings. The maximum atomic E-state index is 13.9. The first kappa shape index (κ1) is 24.2. The number of hydrogen-bond acceptors (Lipinski definition) is 8. The van der Waals surface area contributed by atoms with Crippen LogP contribution in [0.4, 0.5) is 5.82 Å². The van der Waals surface area contributed by atoms with Gasteiger partial charge in [0.1, 0.15) is 36.0 Å². The summed E-state index contributed by atoms with van der Waals surface area (Å²) in [4.78, 5) is 28.2. The van der Waals surface area contributed by atoms with Crippen molar-refractivity contribution in [2.24, 2.45) is 0 Å². The van der Waals surface area contributed by atoms with Crippen molar-refractivity contribution >= 4 is 40.4 Å². The van der Waals surface area contributed by atoms with Crippen molar-refractivity contribution in [1.82, 2.24) is 29.3 Å². The predicted octanol–water partition coefficient (Wildman–Crippen LogP) is 3.86. The zero-order valence-corrected chi connectivity index (χ0v) is 21.4. The molecule has 0 saturated heterocycles. The van der Waals surface area contributed by atoms with Crippen LogP contribution in [-0.2, 0) is 13.1 Å². The van der Waals surface area contributed by atoms with Gasteiger partial charge in [0.25, 0.3) is 5.56 Å². The summed E-state index contributed by atoms with van der Waals surface area (Å²) < 4.78 is 3.26. The lowest BCUT2D eigenvalue weighted by Crippen LogP contribution is -2.28. The second-order valence-corrected chi connectivity index (χ2v) is 9.46. The van der Waals surface area contributed by atoms with Crippen molar-refractivity contribution < 1.29 is 5.11 Å². The van der Waals surface area contributed by atoms with Gasteiger partial charge in [-0.1, -0.05) is 24.1 Å². The summed E-state index contributed by atoms with van der Waals surface area (Å²) in [6.07, 6.45) is 7.09. The third-order valence-corrected chi connectivity index (χ3v) is 6.78. The van der Waals surface area contributed by atoms with E-state index in [1.54, 1.807) is 51.7 Å². The number of phenolic OH excluding ortho intramolecular Hbond substituents is 1. The highest BCUT2D eigenvalue weighted by atomic mass is 32.1. The molecule has 0 aliphatic carbocycles. The van der Waals surface area contributed by atoms with Crippen molar-refractivity contribution in [2.75, 3.05) is 5.73 Å². The Morgan fingerprint density at radius 3 is 2.49 bits per heavy atom. The van der Waals surface area contributed by atoms with E-state index in [-0.39, 0.29) is 30.2 Å². The predicted molar refractivity (Wildman–Crippen MR) is 153 cm³/mol. The monoisotopic (exact) mass is 531 g/mol. The van der Waals surface area contributed by atoms with Gasteiger partial charge in [0.05, 0.1) is 22.8 Å². The molecule has 0 spiro atoms. The number of hydrogen-bond donors (Lipinski definition) is 3. The Labute approximate surface area is 228 Å². The van der Waals surface area contributed by atoms with Crippen LogP contribution in [-0.4, -0.2) is 34.4 Å². The number of aromatic hydroxyl groups is 1. The van der Waals surface area contributed by atoms with Crippen LogP contribution in [0.3, 0.4) is 0 Å². The van der Waals surface area contributed by atoms with E-state index in [2.05, 4.69) is 28.5 Å². The van der Waals surface area contributed by atoms with Crippen LogP contribution in [0.25, 0.3) is 33.2 Å². The van der Waals surface area contributed by atoms with Gasteiger partial charge in [-0.25, -0.2) is 19.6 Å². The molecule has 0 bridgehead atoms. The fourth-order valence-electron chi connectivity index (χ4n) is 4.59. The average molecular weight is 532 g/mol. The summed E-state index contributed by atoms with van der Waals surface area (Å²) in [6.45, 7) is 0.395. The normalized spacial score (nSPS) is 11.2. The largest absolute Gasteiger partial charge is 0.508 e. The van der Waals surface area contributed by atoms with Crippen molar-refractivity contribution in [3.63, 3.8) is 0 Å². The second kappa shape index (κ2) is 9.63. The highest BCUT2D eigenvalue weighted by Crippen LogP contribution is 2.31. The van der Waals surface area contributed by atoms with E-state index in [9.17, 15) is 9.90 Å². The van der Waals surface area contributed by atoms with Crippen LogP contribution in [0.1, 0.15) is 17.0 Å². The molecule has 0 fully saturated rings. The molecule has 0 aliphatic heterocycles. The Hall–Kier alpha value is -5.14. The number of phenols is 1. The third-order valence-electron chi connectivity index (χ3n) is 6.49. The Kier molecular flexibility index (Phi) is 5.98. The number of thiol groups is 1. The van der Waals surface area contributed by atoms with Gasteiger partial charge in [-0.3, -0.25) is 9.36 Å². The fourth-order valence-corrected chi connectivity index (χ4v) is 4.74. The molecule has 0 atom stereocenters. The van der Waals surface area contributed by atoms with Crippen molar-refractivity contribution in [3.05, 3.63) is 100 Å². The number of rotatable bonds is 5. The summed E-state index contributed by atoms with van der Waals surface area (Å²) in [6, 6.07) is 19.5. The Balaban J connectivity index is 1.56. The number of anilines is 1. The van der Waals surface area contributed by atoms with E-state index >= 15 is 0 Å². The van der Waals surface area contributed by atoms with Gasteiger partial charge in [-0.2, -0.15) is 5.10 Å². The molecular weight excluding hydrogens is 510 g/mol. The van der Waals surface area contributed by atoms with E-state index in [4.69, 9.17) is 22.2 Å². The van der Waals surface area contributed by atoms with Crippen molar-refractivity contribution in [1.29, 1.82) is 0 Å². The molecule has 0 aliphatic rings. The van der Waals surface area contributed by atoms with E-state index in [1.165, 1.54) is 6.33 Å². The van der Waals surface area contributed by atoms with E-state index < -0.39 is 0 Å². The molecule has 190 valence electrons. The summed E-state index contributed by atoms with van der Waals surface area (Å²) in [5.41, 5.74) is 9.66. The van der Waals surface area contributed by atoms with Crippen LogP contribution in [0.2, 0.25) is 0 Å². The number of fused-ring (bicyclic) bond motifs is 2. The highest BCUT2D eigenvalue weighted by Gasteiger charge is 2.20. The molecule has 3 N–H and O–H groups in total. The maximum Gasteiger partial charge on any atom is 0.263 e. The first-order chi connectivity index (χ1) is 18.9. The van der Waals surface area contributed by atoms with Crippen LogP contribution in [0.5, 0.6) is 5.75 Å². The highest BCUT2D eigenvalue weighted by molar-refractivity contribution is 7.80. The van der Waals surface area contributed by atoms with Crippen LogP contribution in [0.15, 0.2) is 82.7 Å². The van der Waals surface area contributed by atoms with Gasteiger partial charge < -0.3 is 10.8 Å². The summed E-state index contributed by atoms with van der Waals surface area (Å²) in [7, 11) is 0. The molecule has 3 aromatic carbocycles. The zero-order valence-electron chi connectivity index (χ0n) is 20.5. The molecule has 10 heteroatoms. The lowest BCUT2D eigenvalue weighted by molar-refractivity contribution is 0.475. The second-order valence-electron chi connectivity index (χ2n) is 8.94. The zero-order chi connectivity index (χ0) is 27.1. The first-order valence-corrected chi connectivity index (χ1v) is 12.4. The molecule has 3 heterocycles. The van der Waals surface area contributed by atoms with Crippen LogP contribution >= 0.6 is 12.6 Å². The fraction of sp³-hybridized carbons (Fsp3) is 0.0690. The number of aromatic nitrogens is 6. The molecule has 0 amide bonds. The summed E-state index contributed by atoms with van der Waals surface area (Å²) in [5.74, 6) is 3.47. The molecule has 0 radical (unpaired) electrons. The van der Waals surface area contributed by atoms with Gasteiger partial charge in [0.15, 0.2) is 5.65 Å². The Bertz CT molecular complexity index is 1970. The van der Waals surface area contributed by atoms with Crippen molar-refractivity contribution in [2.45, 2.75) is 18.0 Å². The minimum Gasteiger partial charge on any atom is -0.508 e. The molecule has 0 unspecified atom stereocenters. The molecule has 0 saturated carbocycles.